The zero-order chi connectivity index (χ0) is 16.9. The number of likely N-dealkylation sites (tertiary alicyclic amines) is 1. The molecule has 2 aromatic rings. The molecule has 0 bridgehead atoms. The maximum atomic E-state index is 12.7. The summed E-state index contributed by atoms with van der Waals surface area (Å²) in [4.78, 5) is 14.7. The Morgan fingerprint density at radius 1 is 1.12 bits per heavy atom. The summed E-state index contributed by atoms with van der Waals surface area (Å²) in [6.45, 7) is 3.37. The van der Waals surface area contributed by atoms with E-state index < -0.39 is 0 Å². The molecule has 1 amide bonds. The average Bonchev–Trinajstić information content (AvgIpc) is 3.02. The molecule has 0 spiro atoms. The van der Waals surface area contributed by atoms with Gasteiger partial charge in [-0.2, -0.15) is 0 Å². The van der Waals surface area contributed by atoms with Gasteiger partial charge in [-0.3, -0.25) is 4.79 Å². The van der Waals surface area contributed by atoms with E-state index in [4.69, 9.17) is 5.73 Å². The van der Waals surface area contributed by atoms with Crippen molar-refractivity contribution in [2.75, 3.05) is 13.1 Å². The Morgan fingerprint density at radius 3 is 2.42 bits per heavy atom. The molecular formula is C20H24N2OS. The number of nitrogens with two attached hydrogens (primary N) is 1. The van der Waals surface area contributed by atoms with Crippen LogP contribution in [-0.2, 0) is 10.5 Å². The normalized spacial score (nSPS) is 21.7. The van der Waals surface area contributed by atoms with Gasteiger partial charge >= 0.3 is 0 Å². The van der Waals surface area contributed by atoms with Gasteiger partial charge in [0, 0.05) is 30.8 Å². The highest BCUT2D eigenvalue weighted by Gasteiger charge is 2.35. The SMILES string of the molecule is CC(SCc1ccccc1)C(=O)N1C[C@@H](N)[C@H](c2ccccc2)C1. The van der Waals surface area contributed by atoms with Crippen LogP contribution in [0.1, 0.15) is 24.0 Å². The summed E-state index contributed by atoms with van der Waals surface area (Å²) in [6, 6.07) is 20.6. The smallest absolute Gasteiger partial charge is 0.235 e. The Hall–Kier alpha value is -1.78. The lowest BCUT2D eigenvalue weighted by Crippen LogP contribution is -2.36. The third kappa shape index (κ3) is 4.00. The number of benzene rings is 2. The highest BCUT2D eigenvalue weighted by atomic mass is 32.2. The van der Waals surface area contributed by atoms with Crippen LogP contribution in [0.3, 0.4) is 0 Å². The van der Waals surface area contributed by atoms with E-state index in [0.717, 1.165) is 12.3 Å². The van der Waals surface area contributed by atoms with Crippen molar-refractivity contribution in [1.29, 1.82) is 0 Å². The van der Waals surface area contributed by atoms with E-state index in [9.17, 15) is 4.79 Å². The Bertz CT molecular complexity index is 662. The van der Waals surface area contributed by atoms with Crippen LogP contribution >= 0.6 is 11.8 Å². The molecule has 0 radical (unpaired) electrons. The van der Waals surface area contributed by atoms with Crippen LogP contribution < -0.4 is 5.73 Å². The van der Waals surface area contributed by atoms with Crippen LogP contribution in [0.2, 0.25) is 0 Å². The van der Waals surface area contributed by atoms with Crippen LogP contribution in [0.4, 0.5) is 0 Å². The molecule has 1 unspecified atom stereocenters. The Labute approximate surface area is 148 Å². The Morgan fingerprint density at radius 2 is 1.75 bits per heavy atom. The van der Waals surface area contributed by atoms with Crippen LogP contribution in [0.5, 0.6) is 0 Å². The van der Waals surface area contributed by atoms with Gasteiger partial charge in [-0.1, -0.05) is 60.7 Å². The van der Waals surface area contributed by atoms with E-state index in [-0.39, 0.29) is 23.1 Å². The second kappa shape index (κ2) is 7.86. The van der Waals surface area contributed by atoms with Gasteiger partial charge in [-0.15, -0.1) is 11.8 Å². The molecule has 0 aliphatic carbocycles. The van der Waals surface area contributed by atoms with Crippen molar-refractivity contribution in [3.05, 3.63) is 71.8 Å². The molecule has 1 heterocycles. The maximum absolute atomic E-state index is 12.7. The lowest BCUT2D eigenvalue weighted by atomic mass is 9.95. The summed E-state index contributed by atoms with van der Waals surface area (Å²) in [5.41, 5.74) is 8.78. The zero-order valence-corrected chi connectivity index (χ0v) is 14.8. The third-order valence-electron chi connectivity index (χ3n) is 4.60. The maximum Gasteiger partial charge on any atom is 0.235 e. The third-order valence-corrected chi connectivity index (χ3v) is 5.80. The first-order valence-electron chi connectivity index (χ1n) is 8.40. The van der Waals surface area contributed by atoms with E-state index in [2.05, 4.69) is 24.3 Å². The molecule has 0 aromatic heterocycles. The van der Waals surface area contributed by atoms with E-state index in [1.54, 1.807) is 11.8 Å². The number of amides is 1. The lowest BCUT2D eigenvalue weighted by molar-refractivity contribution is -0.129. The molecular weight excluding hydrogens is 316 g/mol. The largest absolute Gasteiger partial charge is 0.339 e. The van der Waals surface area contributed by atoms with Gasteiger partial charge in [0.05, 0.1) is 5.25 Å². The number of nitrogens with zero attached hydrogens (tertiary/aromatic N) is 1. The molecule has 1 aliphatic rings. The van der Waals surface area contributed by atoms with Crippen molar-refractivity contribution in [3.63, 3.8) is 0 Å². The fraction of sp³-hybridized carbons (Fsp3) is 0.350. The molecule has 4 heteroatoms. The van der Waals surface area contributed by atoms with E-state index in [0.29, 0.717) is 6.54 Å². The van der Waals surface area contributed by atoms with Crippen molar-refractivity contribution >= 4 is 17.7 Å². The molecule has 1 saturated heterocycles. The van der Waals surface area contributed by atoms with E-state index in [1.807, 2.05) is 48.2 Å². The minimum atomic E-state index is -0.0491. The molecule has 2 aromatic carbocycles. The molecule has 3 atom stereocenters. The zero-order valence-electron chi connectivity index (χ0n) is 14.0. The van der Waals surface area contributed by atoms with Gasteiger partial charge in [0.25, 0.3) is 0 Å². The number of thioether (sulfide) groups is 1. The van der Waals surface area contributed by atoms with Crippen LogP contribution in [0.25, 0.3) is 0 Å². The topological polar surface area (TPSA) is 46.3 Å². The molecule has 24 heavy (non-hydrogen) atoms. The summed E-state index contributed by atoms with van der Waals surface area (Å²) in [7, 11) is 0. The summed E-state index contributed by atoms with van der Waals surface area (Å²) >= 11 is 1.69. The van der Waals surface area contributed by atoms with E-state index in [1.165, 1.54) is 11.1 Å². The molecule has 0 saturated carbocycles. The lowest BCUT2D eigenvalue weighted by Gasteiger charge is -2.20. The Balaban J connectivity index is 1.57. The fourth-order valence-electron chi connectivity index (χ4n) is 3.19. The van der Waals surface area contributed by atoms with Crippen molar-refractivity contribution in [1.82, 2.24) is 4.90 Å². The summed E-state index contributed by atoms with van der Waals surface area (Å²) in [6.07, 6.45) is 0. The van der Waals surface area contributed by atoms with Crippen LogP contribution in [-0.4, -0.2) is 35.2 Å². The van der Waals surface area contributed by atoms with Gasteiger partial charge in [-0.05, 0) is 18.1 Å². The molecule has 3 nitrogen and oxygen atoms in total. The summed E-state index contributed by atoms with van der Waals surface area (Å²) in [5.74, 6) is 1.29. The van der Waals surface area contributed by atoms with Gasteiger partial charge in [0.2, 0.25) is 5.91 Å². The number of rotatable bonds is 5. The highest BCUT2D eigenvalue weighted by Crippen LogP contribution is 2.28. The standard InChI is InChI=1S/C20H24N2OS/c1-15(24-14-16-8-4-2-5-9-16)20(23)22-12-18(19(21)13-22)17-10-6-3-7-11-17/h2-11,15,18-19H,12-14,21H2,1H3/t15?,18-,19+/m0/s1. The molecule has 2 N–H and O–H groups in total. The Kier molecular flexibility index (Phi) is 5.59. The van der Waals surface area contributed by atoms with Crippen molar-refractivity contribution in [2.45, 2.75) is 29.9 Å². The molecule has 126 valence electrons. The first-order valence-corrected chi connectivity index (χ1v) is 9.45. The van der Waals surface area contributed by atoms with Crippen molar-refractivity contribution < 1.29 is 4.79 Å². The summed E-state index contributed by atoms with van der Waals surface area (Å²) < 4.78 is 0. The second-order valence-electron chi connectivity index (χ2n) is 6.36. The highest BCUT2D eigenvalue weighted by molar-refractivity contribution is 7.99. The second-order valence-corrected chi connectivity index (χ2v) is 7.69. The molecule has 1 fully saturated rings. The predicted molar refractivity (Wildman–Crippen MR) is 101 cm³/mol. The number of hydrogen-bond acceptors (Lipinski definition) is 3. The van der Waals surface area contributed by atoms with Crippen molar-refractivity contribution in [2.24, 2.45) is 5.73 Å². The number of carbonyl (C=O) groups is 1. The van der Waals surface area contributed by atoms with E-state index >= 15 is 0 Å². The van der Waals surface area contributed by atoms with Crippen LogP contribution in [0.15, 0.2) is 60.7 Å². The monoisotopic (exact) mass is 340 g/mol. The van der Waals surface area contributed by atoms with Crippen LogP contribution in [0, 0.1) is 0 Å². The minimum absolute atomic E-state index is 0.0164. The first-order chi connectivity index (χ1) is 11.6. The summed E-state index contributed by atoms with van der Waals surface area (Å²) in [5, 5.41) is -0.0491. The number of hydrogen-bond donors (Lipinski definition) is 1. The van der Waals surface area contributed by atoms with Gasteiger partial charge in [0.15, 0.2) is 0 Å². The van der Waals surface area contributed by atoms with Gasteiger partial charge in [-0.25, -0.2) is 0 Å². The molecule has 1 aliphatic heterocycles. The minimum Gasteiger partial charge on any atom is -0.339 e. The first kappa shape index (κ1) is 17.1. The average molecular weight is 340 g/mol. The van der Waals surface area contributed by atoms with Gasteiger partial charge in [0.1, 0.15) is 0 Å². The number of carbonyl (C=O) groups excluding carboxylic acids is 1. The predicted octanol–water partition coefficient (Wildman–Crippen LogP) is 3.26. The quantitative estimate of drug-likeness (QED) is 0.909. The fourth-order valence-corrected chi connectivity index (χ4v) is 4.11. The van der Waals surface area contributed by atoms with Gasteiger partial charge < -0.3 is 10.6 Å². The molecule has 3 rings (SSSR count). The van der Waals surface area contributed by atoms with Crippen molar-refractivity contribution in [3.8, 4) is 0 Å².